The van der Waals surface area contributed by atoms with E-state index in [9.17, 15) is 4.79 Å². The van der Waals surface area contributed by atoms with Gasteiger partial charge in [0.1, 0.15) is 22.8 Å². The lowest BCUT2D eigenvalue weighted by atomic mass is 10.1. The fourth-order valence-corrected chi connectivity index (χ4v) is 1.91. The summed E-state index contributed by atoms with van der Waals surface area (Å²) in [5.74, 6) is 0.397. The molecule has 1 heterocycles. The Bertz CT molecular complexity index is 621. The minimum atomic E-state index is -0.498. The lowest BCUT2D eigenvalue weighted by Crippen LogP contribution is -2.03. The highest BCUT2D eigenvalue weighted by Crippen LogP contribution is 2.32. The van der Waals surface area contributed by atoms with Crippen molar-refractivity contribution in [2.45, 2.75) is 6.92 Å². The molecule has 5 nitrogen and oxygen atoms in total. The number of esters is 1. The number of hydrogen-bond acceptors (Lipinski definition) is 5. The van der Waals surface area contributed by atoms with Gasteiger partial charge in [0.25, 0.3) is 0 Å². The molecule has 0 unspecified atom stereocenters. The van der Waals surface area contributed by atoms with Crippen molar-refractivity contribution in [2.75, 3.05) is 14.2 Å². The first-order valence-corrected chi connectivity index (χ1v) is 5.84. The summed E-state index contributed by atoms with van der Waals surface area (Å²) < 4.78 is 14.9. The average Bonchev–Trinajstić information content (AvgIpc) is 2.80. The molecule has 0 N–H and O–H groups in total. The summed E-state index contributed by atoms with van der Waals surface area (Å²) in [7, 11) is 2.82. The second kappa shape index (κ2) is 5.32. The van der Waals surface area contributed by atoms with E-state index in [0.717, 1.165) is 0 Å². The quantitative estimate of drug-likeness (QED) is 0.809. The van der Waals surface area contributed by atoms with Crippen LogP contribution in [0.5, 0.6) is 5.75 Å². The van der Waals surface area contributed by atoms with Crippen LogP contribution < -0.4 is 4.74 Å². The molecule has 0 fully saturated rings. The van der Waals surface area contributed by atoms with Crippen molar-refractivity contribution in [1.82, 2.24) is 5.16 Å². The van der Waals surface area contributed by atoms with E-state index >= 15 is 0 Å². The van der Waals surface area contributed by atoms with E-state index in [2.05, 4.69) is 5.16 Å². The van der Waals surface area contributed by atoms with Gasteiger partial charge in [-0.2, -0.15) is 0 Å². The van der Waals surface area contributed by atoms with Crippen LogP contribution in [-0.4, -0.2) is 25.3 Å². The van der Waals surface area contributed by atoms with Crippen molar-refractivity contribution >= 4 is 17.6 Å². The molecule has 6 heteroatoms. The maximum absolute atomic E-state index is 11.7. The number of aromatic nitrogens is 1. The third-order valence-electron chi connectivity index (χ3n) is 2.68. The molecule has 2 aromatic rings. The smallest absolute Gasteiger partial charge is 0.343 e. The van der Waals surface area contributed by atoms with Gasteiger partial charge in [0.15, 0.2) is 0 Å². The molecular weight excluding hydrogens is 270 g/mol. The highest BCUT2D eigenvalue weighted by molar-refractivity contribution is 6.32. The lowest BCUT2D eigenvalue weighted by Gasteiger charge is -2.05. The molecule has 100 valence electrons. The third-order valence-corrected chi connectivity index (χ3v) is 2.99. The number of hydrogen-bond donors (Lipinski definition) is 0. The van der Waals surface area contributed by atoms with Crippen molar-refractivity contribution in [3.05, 3.63) is 34.5 Å². The monoisotopic (exact) mass is 281 g/mol. The summed E-state index contributed by atoms with van der Waals surface area (Å²) in [5, 5.41) is 4.36. The van der Waals surface area contributed by atoms with Crippen LogP contribution >= 0.6 is 11.6 Å². The molecule has 0 aliphatic carbocycles. The minimum absolute atomic E-state index is 0.298. The van der Waals surface area contributed by atoms with Gasteiger partial charge >= 0.3 is 5.97 Å². The molecule has 0 atom stereocenters. The molecule has 0 radical (unpaired) electrons. The molecule has 0 aliphatic rings. The first-order chi connectivity index (χ1) is 9.08. The predicted molar refractivity (Wildman–Crippen MR) is 69.6 cm³/mol. The van der Waals surface area contributed by atoms with Crippen LogP contribution in [0.4, 0.5) is 0 Å². The van der Waals surface area contributed by atoms with Gasteiger partial charge in [-0.3, -0.25) is 0 Å². The second-order valence-corrected chi connectivity index (χ2v) is 4.21. The van der Waals surface area contributed by atoms with Gasteiger partial charge in [-0.25, -0.2) is 4.79 Å². The summed E-state index contributed by atoms with van der Waals surface area (Å²) in [6.45, 7) is 1.65. The Morgan fingerprint density at radius 1 is 1.37 bits per heavy atom. The molecule has 1 aromatic carbocycles. The molecule has 0 bridgehead atoms. The van der Waals surface area contributed by atoms with Crippen LogP contribution in [0.15, 0.2) is 22.7 Å². The van der Waals surface area contributed by atoms with Gasteiger partial charge in [0, 0.05) is 5.56 Å². The van der Waals surface area contributed by atoms with Crippen LogP contribution in [0.25, 0.3) is 11.3 Å². The van der Waals surface area contributed by atoms with Crippen molar-refractivity contribution in [3.63, 3.8) is 0 Å². The van der Waals surface area contributed by atoms with Crippen molar-refractivity contribution in [1.29, 1.82) is 0 Å². The Kier molecular flexibility index (Phi) is 3.76. The van der Waals surface area contributed by atoms with E-state index in [1.54, 1.807) is 25.1 Å². The number of nitrogens with zero attached hydrogens (tertiary/aromatic N) is 1. The first kappa shape index (κ1) is 13.4. The molecule has 0 aliphatic heterocycles. The standard InChI is InChI=1S/C13H12ClNO4/c1-7-11(13(16)18-3)12(15-19-7)8-4-5-9(14)10(6-8)17-2/h4-6H,1-3H3. The summed E-state index contributed by atoms with van der Waals surface area (Å²) in [6.07, 6.45) is 0. The fraction of sp³-hybridized carbons (Fsp3) is 0.231. The minimum Gasteiger partial charge on any atom is -0.495 e. The molecule has 19 heavy (non-hydrogen) atoms. The number of ether oxygens (including phenoxy) is 2. The number of rotatable bonds is 3. The molecule has 2 rings (SSSR count). The molecule has 0 amide bonds. The number of aryl methyl sites for hydroxylation is 1. The molecule has 0 saturated heterocycles. The number of methoxy groups -OCH3 is 2. The molecule has 1 aromatic heterocycles. The van der Waals surface area contributed by atoms with Crippen LogP contribution in [-0.2, 0) is 4.74 Å². The van der Waals surface area contributed by atoms with Gasteiger partial charge in [0.05, 0.1) is 19.2 Å². The zero-order valence-corrected chi connectivity index (χ0v) is 11.4. The highest BCUT2D eigenvalue weighted by atomic mass is 35.5. The zero-order valence-electron chi connectivity index (χ0n) is 10.7. The van der Waals surface area contributed by atoms with Gasteiger partial charge < -0.3 is 14.0 Å². The van der Waals surface area contributed by atoms with Crippen molar-refractivity contribution < 1.29 is 18.8 Å². The lowest BCUT2D eigenvalue weighted by molar-refractivity contribution is 0.0599. The molecular formula is C13H12ClNO4. The second-order valence-electron chi connectivity index (χ2n) is 3.80. The van der Waals surface area contributed by atoms with E-state index in [0.29, 0.717) is 33.4 Å². The van der Waals surface area contributed by atoms with E-state index in [4.69, 9.17) is 25.6 Å². The van der Waals surface area contributed by atoms with Crippen molar-refractivity contribution in [2.24, 2.45) is 0 Å². The van der Waals surface area contributed by atoms with Crippen LogP contribution in [0.3, 0.4) is 0 Å². The van der Waals surface area contributed by atoms with Crippen molar-refractivity contribution in [3.8, 4) is 17.0 Å². The maximum Gasteiger partial charge on any atom is 0.343 e. The number of halogens is 1. The summed E-state index contributed by atoms with van der Waals surface area (Å²) in [5.41, 5.74) is 1.37. The summed E-state index contributed by atoms with van der Waals surface area (Å²) in [4.78, 5) is 11.7. The predicted octanol–water partition coefficient (Wildman–Crippen LogP) is 3.10. The first-order valence-electron chi connectivity index (χ1n) is 5.47. The SMILES string of the molecule is COC(=O)c1c(-c2ccc(Cl)c(OC)c2)noc1C. The van der Waals surface area contributed by atoms with E-state index in [1.807, 2.05) is 0 Å². The topological polar surface area (TPSA) is 61.6 Å². The Hall–Kier alpha value is -2.01. The Morgan fingerprint density at radius 2 is 2.11 bits per heavy atom. The van der Waals surface area contributed by atoms with E-state index in [1.165, 1.54) is 14.2 Å². The van der Waals surface area contributed by atoms with E-state index < -0.39 is 5.97 Å². The van der Waals surface area contributed by atoms with Gasteiger partial charge in [-0.1, -0.05) is 22.8 Å². The maximum atomic E-state index is 11.7. The fourth-order valence-electron chi connectivity index (χ4n) is 1.72. The summed E-state index contributed by atoms with van der Waals surface area (Å²) in [6, 6.07) is 5.08. The van der Waals surface area contributed by atoms with Crippen LogP contribution in [0, 0.1) is 6.92 Å². The molecule has 0 spiro atoms. The number of benzene rings is 1. The third kappa shape index (κ3) is 2.42. The average molecular weight is 282 g/mol. The number of carbonyl (C=O) groups excluding carboxylic acids is 1. The Balaban J connectivity index is 2.56. The van der Waals surface area contributed by atoms with Gasteiger partial charge in [-0.15, -0.1) is 0 Å². The van der Waals surface area contributed by atoms with Gasteiger partial charge in [0.2, 0.25) is 0 Å². The van der Waals surface area contributed by atoms with Crippen LogP contribution in [0.1, 0.15) is 16.1 Å². The zero-order chi connectivity index (χ0) is 14.0. The normalized spacial score (nSPS) is 10.3. The largest absolute Gasteiger partial charge is 0.495 e. The Labute approximate surface area is 115 Å². The van der Waals surface area contributed by atoms with Gasteiger partial charge in [-0.05, 0) is 19.1 Å². The highest BCUT2D eigenvalue weighted by Gasteiger charge is 2.22. The molecule has 0 saturated carbocycles. The van der Waals surface area contributed by atoms with E-state index in [-0.39, 0.29) is 0 Å². The number of carbonyl (C=O) groups is 1. The Morgan fingerprint density at radius 3 is 2.74 bits per heavy atom. The van der Waals surface area contributed by atoms with Crippen LogP contribution in [0.2, 0.25) is 5.02 Å². The summed E-state index contributed by atoms with van der Waals surface area (Å²) >= 11 is 5.96.